The molecule has 0 bridgehead atoms. The Morgan fingerprint density at radius 2 is 2.25 bits per heavy atom. The van der Waals surface area contributed by atoms with E-state index in [0.717, 1.165) is 25.1 Å². The molecule has 0 saturated carbocycles. The number of rotatable bonds is 5. The maximum absolute atomic E-state index is 11.8. The Morgan fingerprint density at radius 3 is 2.81 bits per heavy atom. The Balaban J connectivity index is 2.47. The van der Waals surface area contributed by atoms with Crippen LogP contribution in [0.5, 0.6) is 0 Å². The van der Waals surface area contributed by atoms with Gasteiger partial charge in [-0.2, -0.15) is 0 Å². The van der Waals surface area contributed by atoms with Gasteiger partial charge in [-0.1, -0.05) is 13.3 Å². The number of aromatic nitrogens is 1. The largest absolute Gasteiger partial charge is 0.397 e. The van der Waals surface area contributed by atoms with Crippen molar-refractivity contribution in [2.75, 3.05) is 19.3 Å². The van der Waals surface area contributed by atoms with Crippen LogP contribution in [0.4, 0.5) is 5.69 Å². The number of carbonyl (C=O) groups excluding carboxylic acids is 1. The quantitative estimate of drug-likeness (QED) is 0.819. The predicted molar refractivity (Wildman–Crippen MR) is 64.9 cm³/mol. The number of carbonyl (C=O) groups is 1. The van der Waals surface area contributed by atoms with Crippen LogP contribution >= 0.6 is 0 Å². The van der Waals surface area contributed by atoms with Gasteiger partial charge in [0.25, 0.3) is 0 Å². The molecule has 16 heavy (non-hydrogen) atoms. The van der Waals surface area contributed by atoms with Gasteiger partial charge in [-0.15, -0.1) is 0 Å². The lowest BCUT2D eigenvalue weighted by Crippen LogP contribution is -2.29. The summed E-state index contributed by atoms with van der Waals surface area (Å²) in [5.41, 5.74) is 6.91. The third-order valence-electron chi connectivity index (χ3n) is 2.45. The first-order valence-corrected chi connectivity index (χ1v) is 5.58. The van der Waals surface area contributed by atoms with Gasteiger partial charge in [-0.3, -0.25) is 9.78 Å². The van der Waals surface area contributed by atoms with Crippen LogP contribution in [0, 0.1) is 0 Å². The molecule has 0 saturated heterocycles. The van der Waals surface area contributed by atoms with E-state index in [-0.39, 0.29) is 5.91 Å². The van der Waals surface area contributed by atoms with Crippen molar-refractivity contribution in [1.29, 1.82) is 0 Å². The Hall–Kier alpha value is -1.58. The summed E-state index contributed by atoms with van der Waals surface area (Å²) >= 11 is 0. The van der Waals surface area contributed by atoms with Crippen LogP contribution < -0.4 is 5.73 Å². The van der Waals surface area contributed by atoms with Crippen LogP contribution in [0.1, 0.15) is 25.5 Å². The molecule has 0 spiro atoms. The maximum atomic E-state index is 11.8. The lowest BCUT2D eigenvalue weighted by molar-refractivity contribution is -0.129. The summed E-state index contributed by atoms with van der Waals surface area (Å²) in [6.45, 7) is 2.92. The van der Waals surface area contributed by atoms with Gasteiger partial charge in [0.1, 0.15) is 0 Å². The molecule has 88 valence electrons. The topological polar surface area (TPSA) is 59.2 Å². The normalized spacial score (nSPS) is 10.1. The van der Waals surface area contributed by atoms with Gasteiger partial charge >= 0.3 is 0 Å². The summed E-state index contributed by atoms with van der Waals surface area (Å²) in [4.78, 5) is 17.6. The third-order valence-corrected chi connectivity index (χ3v) is 2.45. The first-order valence-electron chi connectivity index (χ1n) is 5.58. The van der Waals surface area contributed by atoms with Crippen LogP contribution in [0.2, 0.25) is 0 Å². The minimum Gasteiger partial charge on any atom is -0.397 e. The van der Waals surface area contributed by atoms with Crippen LogP contribution in [0.15, 0.2) is 18.3 Å². The summed E-state index contributed by atoms with van der Waals surface area (Å²) in [5.74, 6) is 0.103. The van der Waals surface area contributed by atoms with Crippen LogP contribution in [-0.4, -0.2) is 29.4 Å². The second-order valence-corrected chi connectivity index (χ2v) is 3.93. The van der Waals surface area contributed by atoms with Gasteiger partial charge in [0.2, 0.25) is 5.91 Å². The molecule has 4 heteroatoms. The summed E-state index contributed by atoms with van der Waals surface area (Å²) in [7, 11) is 1.83. The summed E-state index contributed by atoms with van der Waals surface area (Å²) in [6.07, 6.45) is 4.06. The van der Waals surface area contributed by atoms with Gasteiger partial charge in [-0.05, 0) is 18.6 Å². The molecule has 0 atom stereocenters. The number of amides is 1. The zero-order valence-electron chi connectivity index (χ0n) is 9.94. The highest BCUT2D eigenvalue weighted by Gasteiger charge is 2.09. The molecule has 1 heterocycles. The Bertz CT molecular complexity index is 335. The molecule has 4 nitrogen and oxygen atoms in total. The number of nitrogens with zero attached hydrogens (tertiary/aromatic N) is 2. The minimum absolute atomic E-state index is 0.103. The Morgan fingerprint density at radius 1 is 1.50 bits per heavy atom. The fourth-order valence-corrected chi connectivity index (χ4v) is 1.35. The lowest BCUT2D eigenvalue weighted by Gasteiger charge is -2.16. The number of nitrogen functional groups attached to an aromatic ring is 1. The van der Waals surface area contributed by atoms with Crippen molar-refractivity contribution in [3.8, 4) is 0 Å². The third kappa shape index (κ3) is 3.88. The molecule has 1 amide bonds. The molecule has 1 aromatic rings. The average molecular weight is 221 g/mol. The van der Waals surface area contributed by atoms with Crippen LogP contribution in [0.25, 0.3) is 0 Å². The monoisotopic (exact) mass is 221 g/mol. The highest BCUT2D eigenvalue weighted by atomic mass is 16.2. The van der Waals surface area contributed by atoms with Crippen molar-refractivity contribution in [3.63, 3.8) is 0 Å². The van der Waals surface area contributed by atoms with Crippen molar-refractivity contribution in [2.24, 2.45) is 0 Å². The summed E-state index contributed by atoms with van der Waals surface area (Å²) in [6, 6.07) is 3.56. The van der Waals surface area contributed by atoms with Crippen molar-refractivity contribution < 1.29 is 4.79 Å². The molecule has 0 radical (unpaired) electrons. The number of likely N-dealkylation sites (N-methyl/N-ethyl adjacent to an activating group) is 1. The predicted octanol–water partition coefficient (Wildman–Crippen LogP) is 1.46. The lowest BCUT2D eigenvalue weighted by atomic mass is 10.2. The van der Waals surface area contributed by atoms with Gasteiger partial charge in [-0.25, -0.2) is 0 Å². The standard InChI is InChI=1S/C12H19N3O/c1-3-4-7-15(2)12(16)8-11-6-5-10(13)9-14-11/h5-6,9H,3-4,7-8,13H2,1-2H3. The molecule has 0 aliphatic carbocycles. The van der Waals surface area contributed by atoms with Crippen LogP contribution in [0.3, 0.4) is 0 Å². The first-order chi connectivity index (χ1) is 7.63. The maximum Gasteiger partial charge on any atom is 0.228 e. The Kier molecular flexibility index (Phi) is 4.76. The molecule has 0 aromatic carbocycles. The SMILES string of the molecule is CCCCN(C)C(=O)Cc1ccc(N)cn1. The number of hydrogen-bond donors (Lipinski definition) is 1. The molecule has 0 fully saturated rings. The zero-order chi connectivity index (χ0) is 12.0. The van der Waals surface area contributed by atoms with Crippen molar-refractivity contribution in [2.45, 2.75) is 26.2 Å². The summed E-state index contributed by atoms with van der Waals surface area (Å²) < 4.78 is 0. The van der Waals surface area contributed by atoms with Crippen molar-refractivity contribution in [3.05, 3.63) is 24.0 Å². The fourth-order valence-electron chi connectivity index (χ4n) is 1.35. The summed E-state index contributed by atoms with van der Waals surface area (Å²) in [5, 5.41) is 0. The van der Waals surface area contributed by atoms with Gasteiger partial charge < -0.3 is 10.6 Å². The van der Waals surface area contributed by atoms with E-state index in [2.05, 4.69) is 11.9 Å². The van der Waals surface area contributed by atoms with E-state index in [9.17, 15) is 4.79 Å². The van der Waals surface area contributed by atoms with E-state index in [1.165, 1.54) is 0 Å². The number of unbranched alkanes of at least 4 members (excludes halogenated alkanes) is 1. The molecule has 0 unspecified atom stereocenters. The van der Waals surface area contributed by atoms with Gasteiger partial charge in [0.05, 0.1) is 18.3 Å². The van der Waals surface area contributed by atoms with E-state index in [0.29, 0.717) is 12.1 Å². The number of pyridine rings is 1. The molecule has 2 N–H and O–H groups in total. The number of hydrogen-bond acceptors (Lipinski definition) is 3. The molecular weight excluding hydrogens is 202 g/mol. The second-order valence-electron chi connectivity index (χ2n) is 3.93. The van der Waals surface area contributed by atoms with Gasteiger partial charge in [0.15, 0.2) is 0 Å². The Labute approximate surface area is 96.5 Å². The molecule has 1 rings (SSSR count). The van der Waals surface area contributed by atoms with E-state index < -0.39 is 0 Å². The number of anilines is 1. The van der Waals surface area contributed by atoms with E-state index in [4.69, 9.17) is 5.73 Å². The first kappa shape index (κ1) is 12.5. The number of nitrogens with two attached hydrogens (primary N) is 1. The van der Waals surface area contributed by atoms with E-state index in [1.807, 2.05) is 7.05 Å². The highest BCUT2D eigenvalue weighted by molar-refractivity contribution is 5.78. The smallest absolute Gasteiger partial charge is 0.228 e. The highest BCUT2D eigenvalue weighted by Crippen LogP contribution is 2.03. The zero-order valence-corrected chi connectivity index (χ0v) is 9.94. The van der Waals surface area contributed by atoms with Crippen LogP contribution in [-0.2, 0) is 11.2 Å². The molecule has 1 aromatic heterocycles. The van der Waals surface area contributed by atoms with Gasteiger partial charge in [0, 0.05) is 19.3 Å². The van der Waals surface area contributed by atoms with Crippen molar-refractivity contribution in [1.82, 2.24) is 9.88 Å². The molecule has 0 aliphatic rings. The van der Waals surface area contributed by atoms with E-state index in [1.54, 1.807) is 23.2 Å². The average Bonchev–Trinajstić information content (AvgIpc) is 2.29. The molecule has 0 aliphatic heterocycles. The molecular formula is C12H19N3O. The second kappa shape index (κ2) is 6.10. The van der Waals surface area contributed by atoms with Crippen molar-refractivity contribution >= 4 is 11.6 Å². The minimum atomic E-state index is 0.103. The van der Waals surface area contributed by atoms with E-state index >= 15 is 0 Å². The fraction of sp³-hybridized carbons (Fsp3) is 0.500.